The van der Waals surface area contributed by atoms with Crippen LogP contribution in [-0.4, -0.2) is 49.6 Å². The maximum atomic E-state index is 12.9. The first-order valence-electron chi connectivity index (χ1n) is 8.81. The average Bonchev–Trinajstić information content (AvgIpc) is 3.10. The SMILES string of the molecule is Cc1cnc2c(C(=O)N3CCC[C@H](OCc4ccccn4)C3)cnn2c1. The molecule has 26 heavy (non-hydrogen) atoms. The first-order valence-corrected chi connectivity index (χ1v) is 8.81. The van der Waals surface area contributed by atoms with Gasteiger partial charge in [0, 0.05) is 31.7 Å². The zero-order valence-electron chi connectivity index (χ0n) is 14.7. The van der Waals surface area contributed by atoms with Gasteiger partial charge in [-0.3, -0.25) is 9.78 Å². The first kappa shape index (κ1) is 16.7. The number of fused-ring (bicyclic) bond motifs is 1. The van der Waals surface area contributed by atoms with E-state index < -0.39 is 0 Å². The third kappa shape index (κ3) is 3.43. The molecule has 1 saturated heterocycles. The molecule has 0 aromatic carbocycles. The molecular weight excluding hydrogens is 330 g/mol. The highest BCUT2D eigenvalue weighted by Gasteiger charge is 2.27. The number of rotatable bonds is 4. The van der Waals surface area contributed by atoms with Crippen molar-refractivity contribution in [3.8, 4) is 0 Å². The van der Waals surface area contributed by atoms with E-state index in [9.17, 15) is 4.79 Å². The van der Waals surface area contributed by atoms with Crippen molar-refractivity contribution in [3.63, 3.8) is 0 Å². The zero-order chi connectivity index (χ0) is 17.9. The first-order chi connectivity index (χ1) is 12.7. The Kier molecular flexibility index (Phi) is 4.62. The number of pyridine rings is 1. The molecule has 0 radical (unpaired) electrons. The molecule has 1 atom stereocenters. The summed E-state index contributed by atoms with van der Waals surface area (Å²) in [6.07, 6.45) is 8.87. The highest BCUT2D eigenvalue weighted by Crippen LogP contribution is 2.19. The molecule has 3 aromatic rings. The summed E-state index contributed by atoms with van der Waals surface area (Å²) in [5.41, 5.74) is 3.03. The molecule has 1 aliphatic heterocycles. The van der Waals surface area contributed by atoms with Crippen LogP contribution in [0, 0.1) is 6.92 Å². The maximum Gasteiger partial charge on any atom is 0.259 e. The third-order valence-corrected chi connectivity index (χ3v) is 4.57. The average molecular weight is 351 g/mol. The molecule has 134 valence electrons. The van der Waals surface area contributed by atoms with Gasteiger partial charge in [0.2, 0.25) is 0 Å². The van der Waals surface area contributed by atoms with Crippen LogP contribution >= 0.6 is 0 Å². The van der Waals surface area contributed by atoms with E-state index in [0.717, 1.165) is 30.6 Å². The minimum absolute atomic E-state index is 0.0201. The van der Waals surface area contributed by atoms with Crippen LogP contribution in [0.25, 0.3) is 5.65 Å². The highest BCUT2D eigenvalue weighted by molar-refractivity contribution is 5.99. The summed E-state index contributed by atoms with van der Waals surface area (Å²) in [5.74, 6) is -0.0394. The number of likely N-dealkylation sites (tertiary alicyclic amines) is 1. The molecule has 3 aromatic heterocycles. The zero-order valence-corrected chi connectivity index (χ0v) is 14.7. The van der Waals surface area contributed by atoms with Crippen LogP contribution in [0.15, 0.2) is 43.0 Å². The number of piperidine rings is 1. The van der Waals surface area contributed by atoms with Crippen LogP contribution in [0.4, 0.5) is 0 Å². The van der Waals surface area contributed by atoms with Gasteiger partial charge in [0.05, 0.1) is 24.6 Å². The van der Waals surface area contributed by atoms with Crippen LogP contribution in [0.5, 0.6) is 0 Å². The number of amides is 1. The normalized spacial score (nSPS) is 17.6. The molecule has 4 rings (SSSR count). The number of aromatic nitrogens is 4. The molecule has 1 amide bonds. The fourth-order valence-electron chi connectivity index (χ4n) is 3.23. The Labute approximate surface area is 151 Å². The van der Waals surface area contributed by atoms with Gasteiger partial charge >= 0.3 is 0 Å². The molecule has 4 heterocycles. The molecule has 0 spiro atoms. The predicted molar refractivity (Wildman–Crippen MR) is 95.7 cm³/mol. The summed E-state index contributed by atoms with van der Waals surface area (Å²) in [5, 5.41) is 4.26. The third-order valence-electron chi connectivity index (χ3n) is 4.57. The number of carbonyl (C=O) groups excluding carboxylic acids is 1. The summed E-state index contributed by atoms with van der Waals surface area (Å²) in [6, 6.07) is 5.77. The minimum atomic E-state index is -0.0394. The second-order valence-corrected chi connectivity index (χ2v) is 6.61. The summed E-state index contributed by atoms with van der Waals surface area (Å²) in [7, 11) is 0. The lowest BCUT2D eigenvalue weighted by Crippen LogP contribution is -2.43. The quantitative estimate of drug-likeness (QED) is 0.721. The van der Waals surface area contributed by atoms with Crippen LogP contribution in [0.1, 0.15) is 34.5 Å². The Hall–Kier alpha value is -2.80. The number of hydrogen-bond donors (Lipinski definition) is 0. The number of nitrogens with zero attached hydrogens (tertiary/aromatic N) is 5. The molecule has 1 aliphatic rings. The Balaban J connectivity index is 1.44. The second-order valence-electron chi connectivity index (χ2n) is 6.61. The number of hydrogen-bond acceptors (Lipinski definition) is 5. The van der Waals surface area contributed by atoms with Crippen LogP contribution < -0.4 is 0 Å². The van der Waals surface area contributed by atoms with Crippen molar-refractivity contribution in [3.05, 3.63) is 59.8 Å². The topological polar surface area (TPSA) is 72.6 Å². The number of carbonyl (C=O) groups is 1. The van der Waals surface area contributed by atoms with Crippen molar-refractivity contribution in [1.82, 2.24) is 24.5 Å². The van der Waals surface area contributed by atoms with Gasteiger partial charge in [-0.25, -0.2) is 9.50 Å². The van der Waals surface area contributed by atoms with Crippen molar-refractivity contribution in [2.24, 2.45) is 0 Å². The summed E-state index contributed by atoms with van der Waals surface area (Å²) < 4.78 is 7.63. The second kappa shape index (κ2) is 7.21. The van der Waals surface area contributed by atoms with Crippen molar-refractivity contribution in [1.29, 1.82) is 0 Å². The van der Waals surface area contributed by atoms with Gasteiger partial charge in [-0.05, 0) is 37.5 Å². The molecule has 0 saturated carbocycles. The van der Waals surface area contributed by atoms with E-state index in [-0.39, 0.29) is 12.0 Å². The van der Waals surface area contributed by atoms with Gasteiger partial charge in [-0.2, -0.15) is 5.10 Å². The highest BCUT2D eigenvalue weighted by atomic mass is 16.5. The van der Waals surface area contributed by atoms with E-state index in [2.05, 4.69) is 15.1 Å². The van der Waals surface area contributed by atoms with Crippen LogP contribution in [0.3, 0.4) is 0 Å². The smallest absolute Gasteiger partial charge is 0.259 e. The fourth-order valence-corrected chi connectivity index (χ4v) is 3.23. The van der Waals surface area contributed by atoms with Gasteiger partial charge in [-0.1, -0.05) is 6.07 Å². The van der Waals surface area contributed by atoms with E-state index in [1.165, 1.54) is 0 Å². The van der Waals surface area contributed by atoms with Crippen molar-refractivity contribution < 1.29 is 9.53 Å². The van der Waals surface area contributed by atoms with Crippen molar-refractivity contribution >= 4 is 11.6 Å². The lowest BCUT2D eigenvalue weighted by molar-refractivity contribution is -0.00780. The molecule has 7 heteroatoms. The fraction of sp³-hybridized carbons (Fsp3) is 0.368. The molecular formula is C19H21N5O2. The lowest BCUT2D eigenvalue weighted by Gasteiger charge is -2.32. The lowest BCUT2D eigenvalue weighted by atomic mass is 10.1. The largest absolute Gasteiger partial charge is 0.370 e. The van der Waals surface area contributed by atoms with Gasteiger partial charge < -0.3 is 9.64 Å². The molecule has 7 nitrogen and oxygen atoms in total. The summed E-state index contributed by atoms with van der Waals surface area (Å²) >= 11 is 0. The summed E-state index contributed by atoms with van der Waals surface area (Å²) in [4.78, 5) is 23.4. The van der Waals surface area contributed by atoms with E-state index in [1.807, 2.05) is 36.2 Å². The van der Waals surface area contributed by atoms with Gasteiger partial charge in [0.1, 0.15) is 5.56 Å². The van der Waals surface area contributed by atoms with E-state index in [4.69, 9.17) is 4.74 Å². The Morgan fingerprint density at radius 1 is 1.31 bits per heavy atom. The summed E-state index contributed by atoms with van der Waals surface area (Å²) in [6.45, 7) is 3.72. The van der Waals surface area contributed by atoms with Gasteiger partial charge in [0.25, 0.3) is 5.91 Å². The molecule has 0 unspecified atom stereocenters. The molecule has 1 fully saturated rings. The molecule has 0 N–H and O–H groups in total. The molecule has 0 aliphatic carbocycles. The van der Waals surface area contributed by atoms with E-state index in [0.29, 0.717) is 24.4 Å². The van der Waals surface area contributed by atoms with Gasteiger partial charge in [0.15, 0.2) is 5.65 Å². The Morgan fingerprint density at radius 2 is 2.23 bits per heavy atom. The molecule has 0 bridgehead atoms. The Morgan fingerprint density at radius 3 is 3.08 bits per heavy atom. The number of ether oxygens (including phenoxy) is 1. The number of aryl methyl sites for hydroxylation is 1. The van der Waals surface area contributed by atoms with Crippen LogP contribution in [0.2, 0.25) is 0 Å². The van der Waals surface area contributed by atoms with E-state index in [1.54, 1.807) is 23.1 Å². The standard InChI is InChI=1S/C19H21N5O2/c1-14-9-21-18-17(10-22-24(18)11-14)19(25)23-8-4-6-16(12-23)26-13-15-5-2-3-7-20-15/h2-3,5,7,9-11,16H,4,6,8,12-13H2,1H3/t16-/m0/s1. The van der Waals surface area contributed by atoms with Crippen LogP contribution in [-0.2, 0) is 11.3 Å². The minimum Gasteiger partial charge on any atom is -0.370 e. The predicted octanol–water partition coefficient (Wildman–Crippen LogP) is 2.25. The monoisotopic (exact) mass is 351 g/mol. The van der Waals surface area contributed by atoms with E-state index >= 15 is 0 Å². The van der Waals surface area contributed by atoms with Crippen molar-refractivity contribution in [2.45, 2.75) is 32.5 Å². The van der Waals surface area contributed by atoms with Gasteiger partial charge in [-0.15, -0.1) is 0 Å². The maximum absolute atomic E-state index is 12.9. The Bertz CT molecular complexity index is 909. The van der Waals surface area contributed by atoms with Crippen molar-refractivity contribution in [2.75, 3.05) is 13.1 Å².